The SMILES string of the molecule is CC(C)C1CNCCN1C1(C(N)=O)C(c2ccccc2)C1c1ccccc1. The molecule has 3 unspecified atom stereocenters. The smallest absolute Gasteiger partial charge is 0.239 e. The molecule has 0 aromatic heterocycles. The van der Waals surface area contributed by atoms with Gasteiger partial charge in [-0.25, -0.2) is 0 Å². The molecule has 2 aromatic rings. The Kier molecular flexibility index (Phi) is 4.79. The Morgan fingerprint density at radius 1 is 1.04 bits per heavy atom. The minimum absolute atomic E-state index is 0.0953. The molecular weight excluding hydrogens is 334 g/mol. The van der Waals surface area contributed by atoms with Gasteiger partial charge >= 0.3 is 0 Å². The minimum Gasteiger partial charge on any atom is -0.368 e. The number of piperazine rings is 1. The molecule has 0 spiro atoms. The Balaban J connectivity index is 1.84. The van der Waals surface area contributed by atoms with Gasteiger partial charge in [0.2, 0.25) is 5.91 Å². The third kappa shape index (κ3) is 2.88. The number of amides is 1. The monoisotopic (exact) mass is 363 g/mol. The number of nitrogens with two attached hydrogens (primary N) is 1. The Bertz CT molecular complexity index is 744. The number of benzene rings is 2. The summed E-state index contributed by atoms with van der Waals surface area (Å²) in [6, 6.07) is 21.1. The first-order valence-electron chi connectivity index (χ1n) is 9.95. The van der Waals surface area contributed by atoms with Crippen LogP contribution in [-0.2, 0) is 4.79 Å². The Morgan fingerprint density at radius 3 is 2.00 bits per heavy atom. The molecule has 1 saturated heterocycles. The lowest BCUT2D eigenvalue weighted by Gasteiger charge is -2.44. The van der Waals surface area contributed by atoms with Crippen LogP contribution in [0.4, 0.5) is 0 Å². The van der Waals surface area contributed by atoms with Crippen LogP contribution in [0.1, 0.15) is 36.8 Å². The topological polar surface area (TPSA) is 58.4 Å². The molecule has 3 N–H and O–H groups in total. The average molecular weight is 364 g/mol. The molecule has 4 rings (SSSR count). The first-order chi connectivity index (χ1) is 13.1. The summed E-state index contributed by atoms with van der Waals surface area (Å²) in [5, 5.41) is 3.50. The summed E-state index contributed by atoms with van der Waals surface area (Å²) in [6.45, 7) is 7.10. The highest BCUT2D eigenvalue weighted by Gasteiger charge is 2.73. The molecule has 1 aliphatic carbocycles. The lowest BCUT2D eigenvalue weighted by Crippen LogP contribution is -2.62. The summed E-state index contributed by atoms with van der Waals surface area (Å²) in [7, 11) is 0. The largest absolute Gasteiger partial charge is 0.368 e. The molecule has 4 nitrogen and oxygen atoms in total. The molecule has 0 bridgehead atoms. The van der Waals surface area contributed by atoms with Crippen molar-refractivity contribution < 1.29 is 4.79 Å². The Morgan fingerprint density at radius 2 is 1.56 bits per heavy atom. The summed E-state index contributed by atoms with van der Waals surface area (Å²) in [6.07, 6.45) is 0. The van der Waals surface area contributed by atoms with Gasteiger partial charge in [0.15, 0.2) is 0 Å². The lowest BCUT2D eigenvalue weighted by atomic mass is 9.94. The lowest BCUT2D eigenvalue weighted by molar-refractivity contribution is -0.127. The molecule has 142 valence electrons. The highest BCUT2D eigenvalue weighted by atomic mass is 16.2. The quantitative estimate of drug-likeness (QED) is 0.859. The maximum atomic E-state index is 13.1. The van der Waals surface area contributed by atoms with E-state index in [1.54, 1.807) is 0 Å². The molecular formula is C23H29N3O. The third-order valence-electron chi connectivity index (χ3n) is 6.41. The number of hydrogen-bond acceptors (Lipinski definition) is 3. The van der Waals surface area contributed by atoms with Gasteiger partial charge in [0.05, 0.1) is 0 Å². The van der Waals surface area contributed by atoms with Crippen LogP contribution in [0.2, 0.25) is 0 Å². The van der Waals surface area contributed by atoms with E-state index in [0.717, 1.165) is 19.6 Å². The van der Waals surface area contributed by atoms with Crippen molar-refractivity contribution in [3.8, 4) is 0 Å². The molecule has 1 heterocycles. The van der Waals surface area contributed by atoms with E-state index in [9.17, 15) is 4.79 Å². The van der Waals surface area contributed by atoms with Crippen molar-refractivity contribution >= 4 is 5.91 Å². The van der Waals surface area contributed by atoms with Gasteiger partial charge in [0.25, 0.3) is 0 Å². The maximum Gasteiger partial charge on any atom is 0.239 e. The van der Waals surface area contributed by atoms with E-state index >= 15 is 0 Å². The number of nitrogens with one attached hydrogen (secondary N) is 1. The molecule has 2 fully saturated rings. The number of rotatable bonds is 5. The van der Waals surface area contributed by atoms with E-state index in [4.69, 9.17) is 5.73 Å². The molecule has 27 heavy (non-hydrogen) atoms. The van der Waals surface area contributed by atoms with Crippen LogP contribution in [0.3, 0.4) is 0 Å². The van der Waals surface area contributed by atoms with E-state index in [-0.39, 0.29) is 17.7 Å². The summed E-state index contributed by atoms with van der Waals surface area (Å²) < 4.78 is 0. The normalized spacial score (nSPS) is 31.0. The predicted octanol–water partition coefficient (Wildman–Crippen LogP) is 2.72. The van der Waals surface area contributed by atoms with Crippen LogP contribution in [0.5, 0.6) is 0 Å². The highest BCUT2D eigenvalue weighted by molar-refractivity contribution is 5.93. The van der Waals surface area contributed by atoms with Crippen LogP contribution < -0.4 is 11.1 Å². The summed E-state index contributed by atoms with van der Waals surface area (Å²) in [5.41, 5.74) is 7.93. The zero-order valence-electron chi connectivity index (χ0n) is 16.1. The Hall–Kier alpha value is -2.17. The van der Waals surface area contributed by atoms with Gasteiger partial charge in [-0.05, 0) is 17.0 Å². The van der Waals surface area contributed by atoms with E-state index < -0.39 is 5.54 Å². The fourth-order valence-corrected chi connectivity index (χ4v) is 5.17. The summed E-state index contributed by atoms with van der Waals surface area (Å²) >= 11 is 0. The standard InChI is InChI=1S/C23H29N3O/c1-16(2)19-15-25-13-14-26(19)23(22(24)27)20(17-9-5-3-6-10-17)21(23)18-11-7-4-8-12-18/h3-12,16,19-21,25H,13-15H2,1-2H3,(H2,24,27). The van der Waals surface area contributed by atoms with E-state index in [1.807, 2.05) is 12.1 Å². The van der Waals surface area contributed by atoms with Gasteiger partial charge in [0.1, 0.15) is 5.54 Å². The first-order valence-corrected chi connectivity index (χ1v) is 9.95. The fourth-order valence-electron chi connectivity index (χ4n) is 5.17. The van der Waals surface area contributed by atoms with Crippen molar-refractivity contribution in [2.75, 3.05) is 19.6 Å². The van der Waals surface area contributed by atoms with Gasteiger partial charge in [-0.1, -0.05) is 74.5 Å². The van der Waals surface area contributed by atoms with Gasteiger partial charge in [0, 0.05) is 37.5 Å². The number of carbonyl (C=O) groups excluding carboxylic acids is 1. The van der Waals surface area contributed by atoms with Crippen molar-refractivity contribution in [3.05, 3.63) is 71.8 Å². The van der Waals surface area contributed by atoms with Gasteiger partial charge in [-0.15, -0.1) is 0 Å². The van der Waals surface area contributed by atoms with Crippen LogP contribution in [-0.4, -0.2) is 42.0 Å². The predicted molar refractivity (Wildman–Crippen MR) is 108 cm³/mol. The molecule has 3 atom stereocenters. The average Bonchev–Trinajstić information content (AvgIpc) is 3.41. The molecule has 1 amide bonds. The van der Waals surface area contributed by atoms with Crippen LogP contribution in [0.15, 0.2) is 60.7 Å². The summed E-state index contributed by atoms with van der Waals surface area (Å²) in [5.74, 6) is 0.441. The highest BCUT2D eigenvalue weighted by Crippen LogP contribution is 2.67. The third-order valence-corrected chi connectivity index (χ3v) is 6.41. The van der Waals surface area contributed by atoms with E-state index in [0.29, 0.717) is 12.0 Å². The second-order valence-electron chi connectivity index (χ2n) is 8.18. The van der Waals surface area contributed by atoms with Crippen LogP contribution in [0.25, 0.3) is 0 Å². The minimum atomic E-state index is -0.653. The summed E-state index contributed by atoms with van der Waals surface area (Å²) in [4.78, 5) is 15.5. The maximum absolute atomic E-state index is 13.1. The van der Waals surface area contributed by atoms with Crippen molar-refractivity contribution in [2.24, 2.45) is 11.7 Å². The molecule has 1 aliphatic heterocycles. The van der Waals surface area contributed by atoms with Crippen LogP contribution >= 0.6 is 0 Å². The second kappa shape index (κ2) is 7.10. The van der Waals surface area contributed by atoms with Crippen LogP contribution in [0, 0.1) is 5.92 Å². The van der Waals surface area contributed by atoms with Gasteiger partial charge in [-0.2, -0.15) is 0 Å². The fraction of sp³-hybridized carbons (Fsp3) is 0.435. The van der Waals surface area contributed by atoms with E-state index in [1.165, 1.54) is 11.1 Å². The van der Waals surface area contributed by atoms with Gasteiger partial charge < -0.3 is 11.1 Å². The molecule has 1 saturated carbocycles. The molecule has 4 heteroatoms. The molecule has 0 radical (unpaired) electrons. The zero-order chi connectivity index (χ0) is 19.0. The van der Waals surface area contributed by atoms with Crippen molar-refractivity contribution in [1.29, 1.82) is 0 Å². The van der Waals surface area contributed by atoms with Crippen molar-refractivity contribution in [2.45, 2.75) is 37.3 Å². The second-order valence-corrected chi connectivity index (χ2v) is 8.18. The number of carbonyl (C=O) groups is 1. The Labute approximate surface area is 161 Å². The zero-order valence-corrected chi connectivity index (χ0v) is 16.1. The molecule has 2 aromatic carbocycles. The number of hydrogen-bond donors (Lipinski definition) is 2. The number of primary amides is 1. The van der Waals surface area contributed by atoms with Crippen molar-refractivity contribution in [3.63, 3.8) is 0 Å². The van der Waals surface area contributed by atoms with E-state index in [2.05, 4.69) is 72.6 Å². The van der Waals surface area contributed by atoms with Crippen molar-refractivity contribution in [1.82, 2.24) is 10.2 Å². The molecule has 2 aliphatic rings. The number of nitrogens with zero attached hydrogens (tertiary/aromatic N) is 1. The van der Waals surface area contributed by atoms with Gasteiger partial charge in [-0.3, -0.25) is 9.69 Å². The first kappa shape index (κ1) is 18.2.